The minimum Gasteiger partial charge on any atom is -0.508 e. The Labute approximate surface area is 163 Å². The van der Waals surface area contributed by atoms with Crippen molar-refractivity contribution in [1.29, 1.82) is 5.26 Å². The van der Waals surface area contributed by atoms with E-state index in [2.05, 4.69) is 9.97 Å². The number of nitriles is 1. The number of nitrogens with zero attached hydrogens (tertiary/aromatic N) is 4. The van der Waals surface area contributed by atoms with Crippen LogP contribution in [0.25, 0.3) is 11.3 Å². The van der Waals surface area contributed by atoms with E-state index in [0.717, 1.165) is 5.56 Å². The van der Waals surface area contributed by atoms with E-state index >= 15 is 0 Å². The Kier molecular flexibility index (Phi) is 5.36. The zero-order chi connectivity index (χ0) is 20.3. The van der Waals surface area contributed by atoms with Crippen LogP contribution >= 0.6 is 0 Å². The van der Waals surface area contributed by atoms with Gasteiger partial charge in [0.05, 0.1) is 18.5 Å². The lowest BCUT2D eigenvalue weighted by atomic mass is 10.0. The fraction of sp³-hybridized carbons (Fsp3) is 0.400. The van der Waals surface area contributed by atoms with Gasteiger partial charge in [0.15, 0.2) is 0 Å². The first-order chi connectivity index (χ1) is 13.2. The van der Waals surface area contributed by atoms with Gasteiger partial charge in [-0.05, 0) is 45.0 Å². The van der Waals surface area contributed by atoms with Gasteiger partial charge in [-0.15, -0.1) is 0 Å². The fourth-order valence-electron chi connectivity index (χ4n) is 2.67. The van der Waals surface area contributed by atoms with Crippen molar-refractivity contribution in [2.75, 3.05) is 19.7 Å². The SMILES string of the molecule is CC(C)(C)OC(=O)N1CC(COc2nc(-c3ccc(O)cc3)cnc2C#N)C1. The minimum absolute atomic E-state index is 0.103. The smallest absolute Gasteiger partial charge is 0.410 e. The van der Waals surface area contributed by atoms with Crippen molar-refractivity contribution in [3.05, 3.63) is 36.2 Å². The van der Waals surface area contributed by atoms with Crippen LogP contribution in [0.3, 0.4) is 0 Å². The summed E-state index contributed by atoms with van der Waals surface area (Å²) in [5.74, 6) is 0.448. The highest BCUT2D eigenvalue weighted by atomic mass is 16.6. The molecule has 1 amide bonds. The summed E-state index contributed by atoms with van der Waals surface area (Å²) in [4.78, 5) is 22.1. The lowest BCUT2D eigenvalue weighted by Crippen LogP contribution is -2.53. The number of rotatable bonds is 4. The summed E-state index contributed by atoms with van der Waals surface area (Å²) in [7, 11) is 0. The maximum absolute atomic E-state index is 12.0. The number of benzene rings is 1. The van der Waals surface area contributed by atoms with Gasteiger partial charge in [-0.1, -0.05) is 0 Å². The number of amides is 1. The molecule has 0 unspecified atom stereocenters. The molecule has 3 rings (SSSR count). The van der Waals surface area contributed by atoms with Crippen LogP contribution < -0.4 is 4.74 Å². The van der Waals surface area contributed by atoms with Gasteiger partial charge < -0.3 is 19.5 Å². The highest BCUT2D eigenvalue weighted by molar-refractivity contribution is 5.69. The molecule has 2 aromatic rings. The van der Waals surface area contributed by atoms with Crippen LogP contribution in [0, 0.1) is 17.2 Å². The van der Waals surface area contributed by atoms with Gasteiger partial charge in [-0.3, -0.25) is 0 Å². The van der Waals surface area contributed by atoms with Gasteiger partial charge in [0.2, 0.25) is 5.69 Å². The standard InChI is InChI=1S/C20H22N4O4/c1-20(2,3)28-19(26)24-10-13(11-24)12-27-18-16(8-21)22-9-17(23-18)14-4-6-15(25)7-5-14/h4-7,9,13,25H,10-12H2,1-3H3. The van der Waals surface area contributed by atoms with E-state index in [1.165, 1.54) is 6.20 Å². The number of phenols is 1. The van der Waals surface area contributed by atoms with Crippen molar-refractivity contribution in [2.45, 2.75) is 26.4 Å². The normalized spacial score (nSPS) is 14.1. The number of hydrogen-bond donors (Lipinski definition) is 1. The van der Waals surface area contributed by atoms with E-state index in [4.69, 9.17) is 9.47 Å². The molecule has 1 fully saturated rings. The first kappa shape index (κ1) is 19.4. The fourth-order valence-corrected chi connectivity index (χ4v) is 2.67. The van der Waals surface area contributed by atoms with Crippen molar-refractivity contribution in [2.24, 2.45) is 5.92 Å². The van der Waals surface area contributed by atoms with E-state index in [9.17, 15) is 15.2 Å². The molecule has 0 aliphatic carbocycles. The lowest BCUT2D eigenvalue weighted by Gasteiger charge is -2.39. The van der Waals surface area contributed by atoms with Gasteiger partial charge in [0.1, 0.15) is 17.4 Å². The topological polar surface area (TPSA) is 109 Å². The molecule has 0 atom stereocenters. The second-order valence-corrected chi connectivity index (χ2v) is 7.63. The van der Waals surface area contributed by atoms with Gasteiger partial charge in [0.25, 0.3) is 5.88 Å². The zero-order valence-corrected chi connectivity index (χ0v) is 16.0. The molecule has 0 spiro atoms. The summed E-state index contributed by atoms with van der Waals surface area (Å²) in [5, 5.41) is 18.6. The number of hydrogen-bond acceptors (Lipinski definition) is 7. The molecule has 8 nitrogen and oxygen atoms in total. The Bertz CT molecular complexity index is 894. The third kappa shape index (κ3) is 4.68. The molecule has 1 aliphatic rings. The van der Waals surface area contributed by atoms with Crippen molar-refractivity contribution < 1.29 is 19.4 Å². The van der Waals surface area contributed by atoms with Crippen LogP contribution in [0.1, 0.15) is 26.5 Å². The quantitative estimate of drug-likeness (QED) is 0.866. The number of likely N-dealkylation sites (tertiary alicyclic amines) is 1. The number of phenolic OH excluding ortho intramolecular Hbond substituents is 1. The largest absolute Gasteiger partial charge is 0.508 e. The number of aromatic hydroxyl groups is 1. The number of carbonyl (C=O) groups is 1. The number of aromatic nitrogens is 2. The summed E-state index contributed by atoms with van der Waals surface area (Å²) >= 11 is 0. The molecule has 8 heteroatoms. The second kappa shape index (κ2) is 7.72. The Morgan fingerprint density at radius 3 is 2.61 bits per heavy atom. The van der Waals surface area contributed by atoms with Crippen LogP contribution in [0.5, 0.6) is 11.6 Å². The van der Waals surface area contributed by atoms with E-state index in [1.54, 1.807) is 29.2 Å². The van der Waals surface area contributed by atoms with Crippen LogP contribution in [-0.4, -0.2) is 51.4 Å². The Balaban J connectivity index is 1.60. The predicted octanol–water partition coefficient (Wildman–Crippen LogP) is 2.97. The van der Waals surface area contributed by atoms with Crippen molar-refractivity contribution in [3.63, 3.8) is 0 Å². The van der Waals surface area contributed by atoms with E-state index in [1.807, 2.05) is 26.8 Å². The lowest BCUT2D eigenvalue weighted by molar-refractivity contribution is -0.00811. The molecule has 1 aromatic carbocycles. The molecule has 2 heterocycles. The molecule has 0 saturated carbocycles. The zero-order valence-electron chi connectivity index (χ0n) is 16.0. The summed E-state index contributed by atoms with van der Waals surface area (Å²) < 4.78 is 11.0. The van der Waals surface area contributed by atoms with Crippen molar-refractivity contribution in [1.82, 2.24) is 14.9 Å². The van der Waals surface area contributed by atoms with Crippen molar-refractivity contribution >= 4 is 6.09 Å². The van der Waals surface area contributed by atoms with Crippen LogP contribution in [0.4, 0.5) is 4.79 Å². The molecule has 1 N–H and O–H groups in total. The van der Waals surface area contributed by atoms with Gasteiger partial charge >= 0.3 is 6.09 Å². The van der Waals surface area contributed by atoms with Crippen LogP contribution in [-0.2, 0) is 4.74 Å². The third-order valence-corrected chi connectivity index (χ3v) is 4.07. The Hall–Kier alpha value is -3.34. The first-order valence-electron chi connectivity index (χ1n) is 8.92. The molecule has 1 aromatic heterocycles. The van der Waals surface area contributed by atoms with E-state index in [-0.39, 0.29) is 29.3 Å². The van der Waals surface area contributed by atoms with Crippen LogP contribution in [0.15, 0.2) is 30.5 Å². The molecular weight excluding hydrogens is 360 g/mol. The molecule has 28 heavy (non-hydrogen) atoms. The maximum atomic E-state index is 12.0. The molecule has 146 valence electrons. The molecule has 0 bridgehead atoms. The highest BCUT2D eigenvalue weighted by Gasteiger charge is 2.34. The summed E-state index contributed by atoms with van der Waals surface area (Å²) in [6.45, 7) is 6.86. The average molecular weight is 382 g/mol. The molecular formula is C20H22N4O4. The second-order valence-electron chi connectivity index (χ2n) is 7.63. The van der Waals surface area contributed by atoms with Gasteiger partial charge in [0, 0.05) is 24.6 Å². The van der Waals surface area contributed by atoms with Gasteiger partial charge in [-0.25, -0.2) is 14.8 Å². The van der Waals surface area contributed by atoms with E-state index in [0.29, 0.717) is 25.4 Å². The average Bonchev–Trinajstić information content (AvgIpc) is 2.59. The highest BCUT2D eigenvalue weighted by Crippen LogP contribution is 2.25. The molecule has 1 saturated heterocycles. The molecule has 1 aliphatic heterocycles. The summed E-state index contributed by atoms with van der Waals surface area (Å²) in [5.41, 5.74) is 0.869. The monoisotopic (exact) mass is 382 g/mol. The third-order valence-electron chi connectivity index (χ3n) is 4.07. The maximum Gasteiger partial charge on any atom is 0.410 e. The minimum atomic E-state index is -0.523. The first-order valence-corrected chi connectivity index (χ1v) is 8.92. The summed E-state index contributed by atoms with van der Waals surface area (Å²) in [6.07, 6.45) is 1.15. The van der Waals surface area contributed by atoms with E-state index < -0.39 is 5.60 Å². The molecule has 0 radical (unpaired) electrons. The van der Waals surface area contributed by atoms with Crippen molar-refractivity contribution in [3.8, 4) is 29.0 Å². The number of carbonyl (C=O) groups excluding carboxylic acids is 1. The Morgan fingerprint density at radius 2 is 2.00 bits per heavy atom. The Morgan fingerprint density at radius 1 is 1.32 bits per heavy atom. The van der Waals surface area contributed by atoms with Gasteiger partial charge in [-0.2, -0.15) is 5.26 Å². The summed E-state index contributed by atoms with van der Waals surface area (Å²) in [6, 6.07) is 8.49. The number of ether oxygens (including phenoxy) is 2. The van der Waals surface area contributed by atoms with Crippen LogP contribution in [0.2, 0.25) is 0 Å². The predicted molar refractivity (Wildman–Crippen MR) is 101 cm³/mol.